The summed E-state index contributed by atoms with van der Waals surface area (Å²) in [7, 11) is 0. The molecule has 1 fully saturated rings. The standard InChI is InChI=1S/C23H28ClN3O4/c1-4-30-18-13-17(14-19(15-18)31-5-2)23(29)25-21-8-6-7-20(24)22(21)27-11-9-26(10-12-27)16(3)28/h6-8,13-15H,4-5,9-12H2,1-3H3,(H,25,29). The molecule has 2 aromatic rings. The lowest BCUT2D eigenvalue weighted by Crippen LogP contribution is -2.48. The van der Waals surface area contributed by atoms with E-state index in [-0.39, 0.29) is 11.8 Å². The molecular formula is C23H28ClN3O4. The Morgan fingerprint density at radius 2 is 1.61 bits per heavy atom. The Bertz CT molecular complexity index is 918. The summed E-state index contributed by atoms with van der Waals surface area (Å²) in [4.78, 5) is 28.6. The van der Waals surface area contributed by atoms with Gasteiger partial charge in [0.15, 0.2) is 0 Å². The second kappa shape index (κ2) is 10.4. The van der Waals surface area contributed by atoms with Crippen molar-refractivity contribution in [3.63, 3.8) is 0 Å². The van der Waals surface area contributed by atoms with Crippen LogP contribution < -0.4 is 19.7 Å². The van der Waals surface area contributed by atoms with Crippen LogP contribution in [0.25, 0.3) is 0 Å². The first kappa shape index (κ1) is 22.7. The van der Waals surface area contributed by atoms with E-state index in [1.165, 1.54) is 0 Å². The molecule has 0 bridgehead atoms. The normalized spacial score (nSPS) is 13.7. The van der Waals surface area contributed by atoms with E-state index in [0.717, 1.165) is 5.69 Å². The van der Waals surface area contributed by atoms with Gasteiger partial charge in [-0.3, -0.25) is 9.59 Å². The Hall–Kier alpha value is -2.93. The molecule has 2 amide bonds. The fourth-order valence-corrected chi connectivity index (χ4v) is 3.87. The SMILES string of the molecule is CCOc1cc(OCC)cc(C(=O)Nc2cccc(Cl)c2N2CCN(C(C)=O)CC2)c1. The maximum absolute atomic E-state index is 13.1. The lowest BCUT2D eigenvalue weighted by molar-refractivity contribution is -0.129. The highest BCUT2D eigenvalue weighted by molar-refractivity contribution is 6.34. The third-order valence-corrected chi connectivity index (χ3v) is 5.35. The van der Waals surface area contributed by atoms with Gasteiger partial charge in [0.2, 0.25) is 5.91 Å². The number of carbonyl (C=O) groups excluding carboxylic acids is 2. The number of hydrogen-bond donors (Lipinski definition) is 1. The topological polar surface area (TPSA) is 71.1 Å². The predicted octanol–water partition coefficient (Wildman–Crippen LogP) is 4.06. The summed E-state index contributed by atoms with van der Waals surface area (Å²) in [5, 5.41) is 3.53. The third-order valence-electron chi connectivity index (χ3n) is 5.04. The average molecular weight is 446 g/mol. The van der Waals surface area contributed by atoms with E-state index >= 15 is 0 Å². The molecule has 0 saturated carbocycles. The molecule has 2 aromatic carbocycles. The van der Waals surface area contributed by atoms with Gasteiger partial charge in [-0.05, 0) is 38.1 Å². The van der Waals surface area contributed by atoms with Crippen molar-refractivity contribution < 1.29 is 19.1 Å². The van der Waals surface area contributed by atoms with Crippen LogP contribution >= 0.6 is 11.6 Å². The van der Waals surface area contributed by atoms with E-state index in [1.54, 1.807) is 42.2 Å². The van der Waals surface area contributed by atoms with Crippen molar-refractivity contribution in [3.05, 3.63) is 47.0 Å². The van der Waals surface area contributed by atoms with Crippen molar-refractivity contribution in [2.45, 2.75) is 20.8 Å². The number of rotatable bonds is 7. The van der Waals surface area contributed by atoms with Crippen LogP contribution in [0, 0.1) is 0 Å². The Balaban J connectivity index is 1.84. The van der Waals surface area contributed by atoms with E-state index in [9.17, 15) is 9.59 Å². The number of carbonyl (C=O) groups is 2. The lowest BCUT2D eigenvalue weighted by Gasteiger charge is -2.37. The van der Waals surface area contributed by atoms with Crippen LogP contribution in [0.3, 0.4) is 0 Å². The maximum atomic E-state index is 13.1. The monoisotopic (exact) mass is 445 g/mol. The molecule has 0 spiro atoms. The number of benzene rings is 2. The summed E-state index contributed by atoms with van der Waals surface area (Å²) in [6.45, 7) is 8.83. The minimum Gasteiger partial charge on any atom is -0.494 e. The van der Waals surface area contributed by atoms with Crippen LogP contribution in [0.4, 0.5) is 11.4 Å². The van der Waals surface area contributed by atoms with Gasteiger partial charge in [-0.2, -0.15) is 0 Å². The van der Waals surface area contributed by atoms with Gasteiger partial charge in [-0.1, -0.05) is 17.7 Å². The number of amides is 2. The molecular weight excluding hydrogens is 418 g/mol. The van der Waals surface area contributed by atoms with Crippen LogP contribution in [0.5, 0.6) is 11.5 Å². The Labute approximate surface area is 187 Å². The molecule has 0 aromatic heterocycles. The quantitative estimate of drug-likeness (QED) is 0.695. The number of halogens is 1. The zero-order chi connectivity index (χ0) is 22.4. The molecule has 0 aliphatic carbocycles. The van der Waals surface area contributed by atoms with Gasteiger partial charge in [0, 0.05) is 44.7 Å². The van der Waals surface area contributed by atoms with Crippen molar-refractivity contribution >= 4 is 34.8 Å². The van der Waals surface area contributed by atoms with Crippen LogP contribution in [0.15, 0.2) is 36.4 Å². The van der Waals surface area contributed by atoms with Crippen molar-refractivity contribution in [2.24, 2.45) is 0 Å². The average Bonchev–Trinajstić information content (AvgIpc) is 2.74. The fraction of sp³-hybridized carbons (Fsp3) is 0.391. The van der Waals surface area contributed by atoms with E-state index in [0.29, 0.717) is 67.2 Å². The minimum atomic E-state index is -0.284. The van der Waals surface area contributed by atoms with Crippen LogP contribution in [-0.4, -0.2) is 56.1 Å². The van der Waals surface area contributed by atoms with Gasteiger partial charge in [-0.25, -0.2) is 0 Å². The van der Waals surface area contributed by atoms with Crippen LogP contribution in [-0.2, 0) is 4.79 Å². The highest BCUT2D eigenvalue weighted by Crippen LogP contribution is 2.35. The summed E-state index contributed by atoms with van der Waals surface area (Å²) in [6.07, 6.45) is 0. The van der Waals surface area contributed by atoms with Crippen LogP contribution in [0.2, 0.25) is 5.02 Å². The summed E-state index contributed by atoms with van der Waals surface area (Å²) < 4.78 is 11.2. The summed E-state index contributed by atoms with van der Waals surface area (Å²) >= 11 is 6.51. The van der Waals surface area contributed by atoms with Crippen molar-refractivity contribution in [2.75, 3.05) is 49.6 Å². The fourth-order valence-electron chi connectivity index (χ4n) is 3.58. The van der Waals surface area contributed by atoms with E-state index in [2.05, 4.69) is 10.2 Å². The van der Waals surface area contributed by atoms with Gasteiger partial charge in [-0.15, -0.1) is 0 Å². The largest absolute Gasteiger partial charge is 0.494 e. The third kappa shape index (κ3) is 5.61. The first-order valence-electron chi connectivity index (χ1n) is 10.4. The van der Waals surface area contributed by atoms with Gasteiger partial charge < -0.3 is 24.6 Å². The van der Waals surface area contributed by atoms with Gasteiger partial charge in [0.25, 0.3) is 5.91 Å². The zero-order valence-corrected chi connectivity index (χ0v) is 18.9. The number of hydrogen-bond acceptors (Lipinski definition) is 5. The number of anilines is 2. The number of para-hydroxylation sites is 1. The highest BCUT2D eigenvalue weighted by Gasteiger charge is 2.23. The molecule has 0 unspecified atom stereocenters. The number of ether oxygens (including phenoxy) is 2. The number of piperazine rings is 1. The molecule has 0 atom stereocenters. The molecule has 1 aliphatic rings. The Morgan fingerprint density at radius 3 is 2.16 bits per heavy atom. The molecule has 3 rings (SSSR count). The van der Waals surface area contributed by atoms with Gasteiger partial charge >= 0.3 is 0 Å². The second-order valence-corrected chi connectivity index (χ2v) is 7.55. The van der Waals surface area contributed by atoms with Crippen molar-refractivity contribution in [3.8, 4) is 11.5 Å². The summed E-state index contributed by atoms with van der Waals surface area (Å²) in [6, 6.07) is 10.6. The number of nitrogens with one attached hydrogen (secondary N) is 1. The molecule has 1 aliphatic heterocycles. The zero-order valence-electron chi connectivity index (χ0n) is 18.1. The maximum Gasteiger partial charge on any atom is 0.255 e. The lowest BCUT2D eigenvalue weighted by atomic mass is 10.1. The summed E-state index contributed by atoms with van der Waals surface area (Å²) in [5.41, 5.74) is 1.81. The summed E-state index contributed by atoms with van der Waals surface area (Å²) in [5.74, 6) is 0.926. The van der Waals surface area contributed by atoms with E-state index in [4.69, 9.17) is 21.1 Å². The molecule has 1 saturated heterocycles. The predicted molar refractivity (Wildman–Crippen MR) is 123 cm³/mol. The molecule has 31 heavy (non-hydrogen) atoms. The first-order valence-corrected chi connectivity index (χ1v) is 10.8. The Morgan fingerprint density at radius 1 is 1.00 bits per heavy atom. The van der Waals surface area contributed by atoms with Gasteiger partial charge in [0.1, 0.15) is 11.5 Å². The second-order valence-electron chi connectivity index (χ2n) is 7.14. The number of nitrogens with zero attached hydrogens (tertiary/aromatic N) is 2. The smallest absolute Gasteiger partial charge is 0.255 e. The van der Waals surface area contributed by atoms with Crippen molar-refractivity contribution in [1.29, 1.82) is 0 Å². The molecule has 166 valence electrons. The molecule has 1 heterocycles. The van der Waals surface area contributed by atoms with E-state index in [1.807, 2.05) is 19.9 Å². The molecule has 1 N–H and O–H groups in total. The van der Waals surface area contributed by atoms with E-state index < -0.39 is 0 Å². The molecule has 7 nitrogen and oxygen atoms in total. The van der Waals surface area contributed by atoms with Gasteiger partial charge in [0.05, 0.1) is 29.6 Å². The van der Waals surface area contributed by atoms with Crippen LogP contribution in [0.1, 0.15) is 31.1 Å². The highest BCUT2D eigenvalue weighted by atomic mass is 35.5. The van der Waals surface area contributed by atoms with Crippen molar-refractivity contribution in [1.82, 2.24) is 4.90 Å². The molecule has 0 radical (unpaired) electrons. The Kier molecular flexibility index (Phi) is 7.63. The molecule has 8 heteroatoms. The first-order chi connectivity index (χ1) is 14.9. The minimum absolute atomic E-state index is 0.0617.